The summed E-state index contributed by atoms with van der Waals surface area (Å²) in [5.74, 6) is 2.38. The second-order valence-electron chi connectivity index (χ2n) is 4.27. The van der Waals surface area contributed by atoms with Crippen LogP contribution < -0.4 is 5.32 Å². The van der Waals surface area contributed by atoms with Gasteiger partial charge in [0.25, 0.3) is 0 Å². The molecule has 2 rings (SSSR count). The van der Waals surface area contributed by atoms with Gasteiger partial charge in [-0.1, -0.05) is 26.7 Å². The van der Waals surface area contributed by atoms with Crippen molar-refractivity contribution in [1.29, 1.82) is 0 Å². The Morgan fingerprint density at radius 3 is 2.86 bits per heavy atom. The van der Waals surface area contributed by atoms with E-state index in [1.165, 1.54) is 30.8 Å². The van der Waals surface area contributed by atoms with Gasteiger partial charge in [-0.3, -0.25) is 0 Å². The fourth-order valence-corrected chi connectivity index (χ4v) is 2.06. The van der Waals surface area contributed by atoms with E-state index in [9.17, 15) is 0 Å². The van der Waals surface area contributed by atoms with E-state index in [-0.39, 0.29) is 0 Å². The molecule has 0 spiro atoms. The van der Waals surface area contributed by atoms with Crippen LogP contribution in [0.15, 0.2) is 0 Å². The molecular formula is C10H17N3S. The first kappa shape index (κ1) is 9.90. The molecule has 1 fully saturated rings. The Morgan fingerprint density at radius 1 is 1.50 bits per heavy atom. The molecule has 78 valence electrons. The van der Waals surface area contributed by atoms with E-state index in [1.807, 2.05) is 0 Å². The molecule has 0 bridgehead atoms. The van der Waals surface area contributed by atoms with Crippen LogP contribution in [0.4, 0.5) is 5.13 Å². The summed E-state index contributed by atoms with van der Waals surface area (Å²) in [6.07, 6.45) is 4.14. The third-order valence-electron chi connectivity index (χ3n) is 2.48. The molecule has 0 amide bonds. The zero-order valence-corrected chi connectivity index (χ0v) is 9.60. The van der Waals surface area contributed by atoms with Crippen molar-refractivity contribution in [1.82, 2.24) is 9.36 Å². The molecule has 1 aromatic heterocycles. The number of rotatable bonds is 5. The largest absolute Gasteiger partial charge is 0.360 e. The van der Waals surface area contributed by atoms with Gasteiger partial charge in [-0.2, -0.15) is 4.37 Å². The van der Waals surface area contributed by atoms with Crippen molar-refractivity contribution in [3.05, 3.63) is 5.82 Å². The van der Waals surface area contributed by atoms with E-state index < -0.39 is 0 Å². The second kappa shape index (κ2) is 4.26. The number of anilines is 1. The van der Waals surface area contributed by atoms with Crippen LogP contribution in [0.1, 0.15) is 44.9 Å². The quantitative estimate of drug-likeness (QED) is 0.813. The average molecular weight is 211 g/mol. The number of nitrogens with one attached hydrogen (secondary N) is 1. The lowest BCUT2D eigenvalue weighted by molar-refractivity contribution is 0.757. The highest BCUT2D eigenvalue weighted by Gasteiger charge is 2.20. The van der Waals surface area contributed by atoms with Gasteiger partial charge in [0.1, 0.15) is 5.82 Å². The Labute approximate surface area is 89.1 Å². The molecule has 4 heteroatoms. The lowest BCUT2D eigenvalue weighted by atomic mass is 10.2. The minimum atomic E-state index is 0.435. The van der Waals surface area contributed by atoms with Crippen LogP contribution in [0.3, 0.4) is 0 Å². The van der Waals surface area contributed by atoms with Gasteiger partial charge in [-0.25, -0.2) is 4.98 Å². The van der Waals surface area contributed by atoms with Gasteiger partial charge in [-0.05, 0) is 12.3 Å². The molecule has 0 aromatic carbocycles. The monoisotopic (exact) mass is 211 g/mol. The molecule has 1 aliphatic rings. The summed E-state index contributed by atoms with van der Waals surface area (Å²) in [5, 5.41) is 4.32. The predicted molar refractivity (Wildman–Crippen MR) is 59.8 cm³/mol. The summed E-state index contributed by atoms with van der Waals surface area (Å²) in [6, 6.07) is 0. The van der Waals surface area contributed by atoms with Crippen molar-refractivity contribution in [2.45, 2.75) is 39.0 Å². The molecule has 1 N–H and O–H groups in total. The molecule has 1 heterocycles. The second-order valence-corrected chi connectivity index (χ2v) is 5.02. The first-order valence-electron chi connectivity index (χ1n) is 5.33. The minimum absolute atomic E-state index is 0.435. The maximum absolute atomic E-state index is 4.42. The Morgan fingerprint density at radius 2 is 2.29 bits per heavy atom. The Kier molecular flexibility index (Phi) is 3.01. The zero-order chi connectivity index (χ0) is 9.97. The number of aromatic nitrogens is 2. The van der Waals surface area contributed by atoms with Crippen LogP contribution in [-0.4, -0.2) is 15.9 Å². The van der Waals surface area contributed by atoms with Crippen molar-refractivity contribution < 1.29 is 0 Å². The average Bonchev–Trinajstić information content (AvgIpc) is 2.82. The SMILES string of the molecule is CC(C)c1nsc(NCCC2CC2)n1. The Bertz CT molecular complexity index is 291. The van der Waals surface area contributed by atoms with E-state index in [2.05, 4.69) is 28.5 Å². The fraction of sp³-hybridized carbons (Fsp3) is 0.800. The highest BCUT2D eigenvalue weighted by molar-refractivity contribution is 7.09. The normalized spacial score (nSPS) is 16.2. The van der Waals surface area contributed by atoms with Gasteiger partial charge in [-0.15, -0.1) is 0 Å². The molecule has 0 atom stereocenters. The lowest BCUT2D eigenvalue weighted by Gasteiger charge is -1.99. The fourth-order valence-electron chi connectivity index (χ4n) is 1.33. The molecule has 0 unspecified atom stereocenters. The molecule has 1 aromatic rings. The molecule has 0 saturated heterocycles. The summed E-state index contributed by atoms with van der Waals surface area (Å²) in [6.45, 7) is 5.30. The van der Waals surface area contributed by atoms with Crippen LogP contribution in [0.25, 0.3) is 0 Å². The summed E-state index contributed by atoms with van der Waals surface area (Å²) >= 11 is 1.48. The van der Waals surface area contributed by atoms with Gasteiger partial charge >= 0.3 is 0 Å². The van der Waals surface area contributed by atoms with Gasteiger partial charge in [0, 0.05) is 24.0 Å². The highest BCUT2D eigenvalue weighted by atomic mass is 32.1. The van der Waals surface area contributed by atoms with Crippen LogP contribution in [0.2, 0.25) is 0 Å². The summed E-state index contributed by atoms with van der Waals surface area (Å²) < 4.78 is 4.30. The van der Waals surface area contributed by atoms with Crippen LogP contribution in [-0.2, 0) is 0 Å². The van der Waals surface area contributed by atoms with Crippen LogP contribution in [0, 0.1) is 5.92 Å². The summed E-state index contributed by atoms with van der Waals surface area (Å²) in [7, 11) is 0. The molecule has 1 saturated carbocycles. The molecule has 0 radical (unpaired) electrons. The molecular weight excluding hydrogens is 194 g/mol. The highest BCUT2D eigenvalue weighted by Crippen LogP contribution is 2.32. The minimum Gasteiger partial charge on any atom is -0.360 e. The molecule has 14 heavy (non-hydrogen) atoms. The van der Waals surface area contributed by atoms with Crippen molar-refractivity contribution in [2.24, 2.45) is 5.92 Å². The van der Waals surface area contributed by atoms with Gasteiger partial charge in [0.2, 0.25) is 5.13 Å². The molecule has 1 aliphatic carbocycles. The Hall–Kier alpha value is -0.640. The number of hydrogen-bond donors (Lipinski definition) is 1. The predicted octanol–water partition coefficient (Wildman–Crippen LogP) is 2.87. The van der Waals surface area contributed by atoms with E-state index >= 15 is 0 Å². The third kappa shape index (κ3) is 2.67. The van der Waals surface area contributed by atoms with Crippen molar-refractivity contribution in [3.8, 4) is 0 Å². The lowest BCUT2D eigenvalue weighted by Crippen LogP contribution is -2.02. The number of hydrogen-bond acceptors (Lipinski definition) is 4. The smallest absolute Gasteiger partial charge is 0.202 e. The van der Waals surface area contributed by atoms with Crippen molar-refractivity contribution in [3.63, 3.8) is 0 Å². The number of nitrogens with zero attached hydrogens (tertiary/aromatic N) is 2. The van der Waals surface area contributed by atoms with E-state index in [0.717, 1.165) is 23.4 Å². The van der Waals surface area contributed by atoms with Gasteiger partial charge in [0.15, 0.2) is 0 Å². The van der Waals surface area contributed by atoms with Gasteiger partial charge < -0.3 is 5.32 Å². The maximum Gasteiger partial charge on any atom is 0.202 e. The van der Waals surface area contributed by atoms with Crippen molar-refractivity contribution in [2.75, 3.05) is 11.9 Å². The van der Waals surface area contributed by atoms with E-state index in [1.54, 1.807) is 0 Å². The summed E-state index contributed by atoms with van der Waals surface area (Å²) in [5.41, 5.74) is 0. The van der Waals surface area contributed by atoms with Crippen LogP contribution >= 0.6 is 11.5 Å². The van der Waals surface area contributed by atoms with Gasteiger partial charge in [0.05, 0.1) is 0 Å². The standard InChI is InChI=1S/C10H17N3S/c1-7(2)9-12-10(14-13-9)11-6-5-8-3-4-8/h7-8H,3-6H2,1-2H3,(H,11,12,13). The summed E-state index contributed by atoms with van der Waals surface area (Å²) in [4.78, 5) is 4.42. The van der Waals surface area contributed by atoms with E-state index in [4.69, 9.17) is 0 Å². The van der Waals surface area contributed by atoms with Crippen LogP contribution in [0.5, 0.6) is 0 Å². The maximum atomic E-state index is 4.42. The first-order valence-corrected chi connectivity index (χ1v) is 6.10. The van der Waals surface area contributed by atoms with E-state index in [0.29, 0.717) is 5.92 Å². The van der Waals surface area contributed by atoms with Crippen molar-refractivity contribution >= 4 is 16.7 Å². The zero-order valence-electron chi connectivity index (χ0n) is 8.79. The Balaban J connectivity index is 1.77. The molecule has 0 aliphatic heterocycles. The molecule has 3 nitrogen and oxygen atoms in total. The first-order chi connectivity index (χ1) is 6.75. The topological polar surface area (TPSA) is 37.8 Å². The third-order valence-corrected chi connectivity index (χ3v) is 3.17.